The van der Waals surface area contributed by atoms with Crippen LogP contribution in [-0.2, 0) is 0 Å². The number of rotatable bonds is 3. The second kappa shape index (κ2) is 6.37. The quantitative estimate of drug-likeness (QED) is 0.348. The molecule has 0 aliphatic heterocycles. The summed E-state index contributed by atoms with van der Waals surface area (Å²) in [6, 6.07) is 14.5. The van der Waals surface area contributed by atoms with E-state index in [4.69, 9.17) is 9.72 Å². The molecule has 2 heterocycles. The Kier molecular flexibility index (Phi) is 4.22. The van der Waals surface area contributed by atoms with Gasteiger partial charge in [-0.25, -0.2) is 4.98 Å². The Labute approximate surface area is 161 Å². The Hall–Kier alpha value is -1.60. The lowest BCUT2D eigenvalue weighted by molar-refractivity contribution is 0.344. The molecule has 0 aliphatic carbocycles. The van der Waals surface area contributed by atoms with Crippen LogP contribution in [0, 0.1) is 3.57 Å². The summed E-state index contributed by atoms with van der Waals surface area (Å²) in [5.41, 5.74) is 4.03. The number of hydrogen-bond acceptors (Lipinski definition) is 2. The molecule has 0 saturated heterocycles. The molecule has 0 bridgehead atoms. The zero-order valence-corrected chi connectivity index (χ0v) is 16.7. The maximum atomic E-state index is 5.89. The third kappa shape index (κ3) is 2.80. The van der Waals surface area contributed by atoms with Crippen LogP contribution in [0.15, 0.2) is 53.1 Å². The van der Waals surface area contributed by atoms with Crippen LogP contribution in [0.5, 0.6) is 5.75 Å². The lowest BCUT2D eigenvalue weighted by Crippen LogP contribution is -1.95. The van der Waals surface area contributed by atoms with Crippen molar-refractivity contribution < 1.29 is 4.74 Å². The number of H-pyrrole nitrogens is 1. The van der Waals surface area contributed by atoms with E-state index >= 15 is 0 Å². The molecular formula is C19H14BrIN2O. The average Bonchev–Trinajstić information content (AvgIpc) is 2.98. The molecule has 3 nitrogen and oxygen atoms in total. The SMILES string of the molecule is CCOc1cc(-c2c[nH]c3ccc(Br)cc23)nc2ccc(I)cc12. The maximum Gasteiger partial charge on any atom is 0.130 e. The Morgan fingerprint density at radius 1 is 1.12 bits per heavy atom. The first-order valence-corrected chi connectivity index (χ1v) is 9.53. The second-order valence-corrected chi connectivity index (χ2v) is 7.65. The van der Waals surface area contributed by atoms with Crippen LogP contribution in [0.2, 0.25) is 0 Å². The van der Waals surface area contributed by atoms with Crippen LogP contribution in [-0.4, -0.2) is 16.6 Å². The Balaban J connectivity index is 1.98. The summed E-state index contributed by atoms with van der Waals surface area (Å²) in [5, 5.41) is 2.19. The molecule has 120 valence electrons. The highest BCUT2D eigenvalue weighted by molar-refractivity contribution is 14.1. The molecule has 0 aliphatic rings. The van der Waals surface area contributed by atoms with Gasteiger partial charge in [0.15, 0.2) is 0 Å². The van der Waals surface area contributed by atoms with Crippen LogP contribution in [0.4, 0.5) is 0 Å². The van der Waals surface area contributed by atoms with E-state index in [1.54, 1.807) is 0 Å². The van der Waals surface area contributed by atoms with Gasteiger partial charge in [-0.1, -0.05) is 15.9 Å². The predicted molar refractivity (Wildman–Crippen MR) is 111 cm³/mol. The van der Waals surface area contributed by atoms with Gasteiger partial charge in [-0.3, -0.25) is 0 Å². The molecular weight excluding hydrogens is 479 g/mol. The Morgan fingerprint density at radius 3 is 2.83 bits per heavy atom. The molecule has 4 aromatic rings. The van der Waals surface area contributed by atoms with Gasteiger partial charge >= 0.3 is 0 Å². The summed E-state index contributed by atoms with van der Waals surface area (Å²) in [6.07, 6.45) is 2.01. The summed E-state index contributed by atoms with van der Waals surface area (Å²) in [7, 11) is 0. The average molecular weight is 493 g/mol. The zero-order valence-electron chi connectivity index (χ0n) is 12.9. The first kappa shape index (κ1) is 15.9. The van der Waals surface area contributed by atoms with Gasteiger partial charge in [0.2, 0.25) is 0 Å². The topological polar surface area (TPSA) is 37.9 Å². The van der Waals surface area contributed by atoms with Gasteiger partial charge in [0.25, 0.3) is 0 Å². The number of ether oxygens (including phenoxy) is 1. The normalized spacial score (nSPS) is 11.3. The number of nitrogens with zero attached hydrogens (tertiary/aromatic N) is 1. The third-order valence-corrected chi connectivity index (χ3v) is 5.12. The molecule has 1 N–H and O–H groups in total. The molecule has 24 heavy (non-hydrogen) atoms. The molecule has 0 fully saturated rings. The summed E-state index contributed by atoms with van der Waals surface area (Å²) in [5.74, 6) is 0.875. The van der Waals surface area contributed by atoms with E-state index in [0.717, 1.165) is 43.3 Å². The standard InChI is InChI=1S/C19H14BrIN2O/c1-2-24-19-9-18(23-17-6-4-12(21)8-14(17)19)15-10-22-16-5-3-11(20)7-13(15)16/h3-10,22H,2H2,1H3. The Morgan fingerprint density at radius 2 is 2.00 bits per heavy atom. The molecule has 5 heteroatoms. The highest BCUT2D eigenvalue weighted by Crippen LogP contribution is 2.35. The van der Waals surface area contributed by atoms with E-state index in [0.29, 0.717) is 6.61 Å². The highest BCUT2D eigenvalue weighted by Gasteiger charge is 2.13. The molecule has 0 spiro atoms. The molecule has 0 amide bonds. The lowest BCUT2D eigenvalue weighted by Gasteiger charge is -2.10. The van der Waals surface area contributed by atoms with Gasteiger partial charge in [-0.15, -0.1) is 0 Å². The number of hydrogen-bond donors (Lipinski definition) is 1. The van der Waals surface area contributed by atoms with Crippen LogP contribution < -0.4 is 4.74 Å². The van der Waals surface area contributed by atoms with Gasteiger partial charge in [0.1, 0.15) is 5.75 Å². The number of fused-ring (bicyclic) bond motifs is 2. The van der Waals surface area contributed by atoms with Crippen molar-refractivity contribution >= 4 is 60.3 Å². The van der Waals surface area contributed by atoms with Gasteiger partial charge in [0.05, 0.1) is 17.8 Å². The molecule has 2 aromatic carbocycles. The van der Waals surface area contributed by atoms with E-state index in [1.807, 2.05) is 31.3 Å². The van der Waals surface area contributed by atoms with E-state index < -0.39 is 0 Å². The van der Waals surface area contributed by atoms with Crippen molar-refractivity contribution in [1.29, 1.82) is 0 Å². The van der Waals surface area contributed by atoms with Crippen molar-refractivity contribution in [2.45, 2.75) is 6.92 Å². The van der Waals surface area contributed by atoms with E-state index in [2.05, 4.69) is 67.8 Å². The predicted octanol–water partition coefficient (Wildman–Crippen LogP) is 6.15. The third-order valence-electron chi connectivity index (χ3n) is 3.95. The van der Waals surface area contributed by atoms with Gasteiger partial charge in [0, 0.05) is 42.2 Å². The summed E-state index contributed by atoms with van der Waals surface area (Å²) < 4.78 is 8.11. The van der Waals surface area contributed by atoms with Crippen LogP contribution >= 0.6 is 38.5 Å². The summed E-state index contributed by atoms with van der Waals surface area (Å²) in [6.45, 7) is 2.63. The first-order chi connectivity index (χ1) is 11.7. The van der Waals surface area contributed by atoms with Gasteiger partial charge < -0.3 is 9.72 Å². The van der Waals surface area contributed by atoms with Crippen LogP contribution in [0.25, 0.3) is 33.1 Å². The number of aromatic amines is 1. The number of halogens is 2. The molecule has 2 aromatic heterocycles. The van der Waals surface area contributed by atoms with Gasteiger partial charge in [-0.05, 0) is 65.9 Å². The van der Waals surface area contributed by atoms with Crippen molar-refractivity contribution in [2.75, 3.05) is 6.61 Å². The minimum Gasteiger partial charge on any atom is -0.493 e. The highest BCUT2D eigenvalue weighted by atomic mass is 127. The number of benzene rings is 2. The number of nitrogens with one attached hydrogen (secondary N) is 1. The lowest BCUT2D eigenvalue weighted by atomic mass is 10.1. The van der Waals surface area contributed by atoms with Crippen LogP contribution in [0.3, 0.4) is 0 Å². The number of aromatic nitrogens is 2. The van der Waals surface area contributed by atoms with Crippen LogP contribution in [0.1, 0.15) is 6.92 Å². The summed E-state index contributed by atoms with van der Waals surface area (Å²) in [4.78, 5) is 8.18. The fraction of sp³-hybridized carbons (Fsp3) is 0.105. The monoisotopic (exact) mass is 492 g/mol. The van der Waals surface area contributed by atoms with Crippen molar-refractivity contribution in [3.05, 3.63) is 56.7 Å². The largest absolute Gasteiger partial charge is 0.493 e. The van der Waals surface area contributed by atoms with E-state index in [1.165, 1.54) is 3.57 Å². The van der Waals surface area contributed by atoms with E-state index in [-0.39, 0.29) is 0 Å². The van der Waals surface area contributed by atoms with Crippen molar-refractivity contribution in [1.82, 2.24) is 9.97 Å². The maximum absolute atomic E-state index is 5.89. The van der Waals surface area contributed by atoms with Crippen molar-refractivity contribution in [2.24, 2.45) is 0 Å². The second-order valence-electron chi connectivity index (χ2n) is 5.49. The smallest absolute Gasteiger partial charge is 0.130 e. The van der Waals surface area contributed by atoms with Crippen molar-refractivity contribution in [3.8, 4) is 17.0 Å². The fourth-order valence-corrected chi connectivity index (χ4v) is 3.74. The first-order valence-electron chi connectivity index (χ1n) is 7.66. The molecule has 0 radical (unpaired) electrons. The van der Waals surface area contributed by atoms with E-state index in [9.17, 15) is 0 Å². The van der Waals surface area contributed by atoms with Crippen molar-refractivity contribution in [3.63, 3.8) is 0 Å². The minimum absolute atomic E-state index is 0.628. The summed E-state index contributed by atoms with van der Waals surface area (Å²) >= 11 is 5.86. The van der Waals surface area contributed by atoms with Gasteiger partial charge in [-0.2, -0.15) is 0 Å². The molecule has 0 unspecified atom stereocenters. The molecule has 4 rings (SSSR count). The zero-order chi connectivity index (χ0) is 16.7. The minimum atomic E-state index is 0.628. The Bertz CT molecular complexity index is 1060. The number of pyridine rings is 1. The molecule has 0 atom stereocenters. The molecule has 0 saturated carbocycles. The fourth-order valence-electron chi connectivity index (χ4n) is 2.88.